The van der Waals surface area contributed by atoms with Gasteiger partial charge in [-0.3, -0.25) is 0 Å². The maximum Gasteiger partial charge on any atom is 0.219 e. The van der Waals surface area contributed by atoms with E-state index in [2.05, 4.69) is 33.2 Å². The molecule has 0 radical (unpaired) electrons. The van der Waals surface area contributed by atoms with Gasteiger partial charge >= 0.3 is 0 Å². The quantitative estimate of drug-likeness (QED) is 0.884. The van der Waals surface area contributed by atoms with E-state index in [1.54, 1.807) is 12.3 Å². The summed E-state index contributed by atoms with van der Waals surface area (Å²) in [4.78, 5) is 4.20. The van der Waals surface area contributed by atoms with Crippen molar-refractivity contribution in [1.29, 1.82) is 0 Å². The zero-order chi connectivity index (χ0) is 13.8. The molecule has 0 fully saturated rings. The van der Waals surface area contributed by atoms with Gasteiger partial charge in [-0.25, -0.2) is 4.98 Å². The van der Waals surface area contributed by atoms with E-state index < -0.39 is 0 Å². The number of rotatable bonds is 4. The summed E-state index contributed by atoms with van der Waals surface area (Å²) in [6, 6.07) is 9.55. The van der Waals surface area contributed by atoms with Gasteiger partial charge in [-0.1, -0.05) is 27.5 Å². The second-order valence-electron chi connectivity index (χ2n) is 4.11. The predicted molar refractivity (Wildman–Crippen MR) is 80.9 cm³/mol. The molecule has 0 saturated carbocycles. The molecule has 1 aromatic carbocycles. The number of ether oxygens (including phenoxy) is 1. The number of aromatic nitrogens is 1. The lowest BCUT2D eigenvalue weighted by Crippen LogP contribution is -2.12. The van der Waals surface area contributed by atoms with Crippen molar-refractivity contribution in [2.75, 3.05) is 7.05 Å². The van der Waals surface area contributed by atoms with Crippen molar-refractivity contribution in [2.45, 2.75) is 13.0 Å². The van der Waals surface area contributed by atoms with Gasteiger partial charge in [-0.15, -0.1) is 0 Å². The second kappa shape index (κ2) is 6.37. The van der Waals surface area contributed by atoms with Gasteiger partial charge in [0.15, 0.2) is 0 Å². The summed E-state index contributed by atoms with van der Waals surface area (Å²) in [5.74, 6) is 1.11. The van der Waals surface area contributed by atoms with Gasteiger partial charge in [0.25, 0.3) is 0 Å². The Bertz CT molecular complexity index is 577. The van der Waals surface area contributed by atoms with Gasteiger partial charge in [-0.2, -0.15) is 0 Å². The molecule has 100 valence electrons. The van der Waals surface area contributed by atoms with E-state index in [1.165, 1.54) is 0 Å². The minimum atomic E-state index is 0.239. The van der Waals surface area contributed by atoms with Gasteiger partial charge in [0.2, 0.25) is 5.88 Å². The monoisotopic (exact) mass is 340 g/mol. The first-order valence-electron chi connectivity index (χ1n) is 5.86. The first-order valence-corrected chi connectivity index (χ1v) is 7.03. The van der Waals surface area contributed by atoms with Gasteiger partial charge in [-0.05, 0) is 43.8 Å². The number of hydrogen-bond donors (Lipinski definition) is 1. The molecule has 1 atom stereocenters. The summed E-state index contributed by atoms with van der Waals surface area (Å²) in [5, 5.41) is 3.73. The van der Waals surface area contributed by atoms with Gasteiger partial charge in [0.1, 0.15) is 5.75 Å². The maximum atomic E-state index is 6.09. The lowest BCUT2D eigenvalue weighted by molar-refractivity contribution is 0.460. The van der Waals surface area contributed by atoms with Crippen LogP contribution in [-0.2, 0) is 0 Å². The molecule has 2 rings (SSSR count). The van der Waals surface area contributed by atoms with Crippen molar-refractivity contribution in [1.82, 2.24) is 10.3 Å². The molecular formula is C14H14BrClN2O. The smallest absolute Gasteiger partial charge is 0.219 e. The van der Waals surface area contributed by atoms with Crippen molar-refractivity contribution < 1.29 is 4.74 Å². The van der Waals surface area contributed by atoms with Crippen molar-refractivity contribution in [2.24, 2.45) is 0 Å². The third kappa shape index (κ3) is 3.69. The highest BCUT2D eigenvalue weighted by atomic mass is 79.9. The SMILES string of the molecule is CNC(C)c1ccnc(Oc2cc(Br)ccc2Cl)c1. The van der Waals surface area contributed by atoms with Crippen LogP contribution in [0.1, 0.15) is 18.5 Å². The Hall–Kier alpha value is -1.10. The van der Waals surface area contributed by atoms with E-state index in [9.17, 15) is 0 Å². The van der Waals surface area contributed by atoms with Crippen LogP contribution in [0.4, 0.5) is 0 Å². The highest BCUT2D eigenvalue weighted by Gasteiger charge is 2.08. The standard InChI is InChI=1S/C14H14BrClN2O/c1-9(17-2)10-5-6-18-14(7-10)19-13-8-11(15)3-4-12(13)16/h3-9,17H,1-2H3. The van der Waals surface area contributed by atoms with E-state index in [1.807, 2.05) is 31.3 Å². The zero-order valence-corrected chi connectivity index (χ0v) is 13.0. The molecule has 0 aliphatic heterocycles. The van der Waals surface area contributed by atoms with Gasteiger partial charge < -0.3 is 10.1 Å². The number of hydrogen-bond acceptors (Lipinski definition) is 3. The Balaban J connectivity index is 2.26. The Labute approximate surface area is 126 Å². The first kappa shape index (κ1) is 14.3. The average molecular weight is 342 g/mol. The molecule has 0 spiro atoms. The van der Waals surface area contributed by atoms with E-state index in [0.29, 0.717) is 16.7 Å². The number of nitrogens with zero attached hydrogens (tertiary/aromatic N) is 1. The molecule has 1 aromatic heterocycles. The number of nitrogens with one attached hydrogen (secondary N) is 1. The highest BCUT2D eigenvalue weighted by molar-refractivity contribution is 9.10. The second-order valence-corrected chi connectivity index (χ2v) is 5.44. The van der Waals surface area contributed by atoms with Crippen molar-refractivity contribution in [3.05, 3.63) is 51.6 Å². The predicted octanol–water partition coefficient (Wildman–Crippen LogP) is 4.57. The van der Waals surface area contributed by atoms with Crippen LogP contribution in [-0.4, -0.2) is 12.0 Å². The number of pyridine rings is 1. The van der Waals surface area contributed by atoms with Crippen molar-refractivity contribution in [3.8, 4) is 11.6 Å². The highest BCUT2D eigenvalue weighted by Crippen LogP contribution is 2.31. The zero-order valence-electron chi connectivity index (χ0n) is 10.7. The van der Waals surface area contributed by atoms with Crippen LogP contribution in [0.5, 0.6) is 11.6 Å². The van der Waals surface area contributed by atoms with E-state index in [-0.39, 0.29) is 6.04 Å². The van der Waals surface area contributed by atoms with Crippen LogP contribution in [0.25, 0.3) is 0 Å². The minimum absolute atomic E-state index is 0.239. The van der Waals surface area contributed by atoms with Crippen LogP contribution in [0.3, 0.4) is 0 Å². The van der Waals surface area contributed by atoms with Crippen molar-refractivity contribution in [3.63, 3.8) is 0 Å². The average Bonchev–Trinajstić information content (AvgIpc) is 2.42. The molecule has 0 aliphatic carbocycles. The molecule has 0 aliphatic rings. The topological polar surface area (TPSA) is 34.2 Å². The molecule has 1 heterocycles. The maximum absolute atomic E-state index is 6.09. The van der Waals surface area contributed by atoms with Crippen LogP contribution >= 0.6 is 27.5 Å². The molecule has 5 heteroatoms. The van der Waals surface area contributed by atoms with E-state index in [4.69, 9.17) is 16.3 Å². The Morgan fingerprint density at radius 3 is 2.84 bits per heavy atom. The fourth-order valence-corrected chi connectivity index (χ4v) is 2.08. The molecule has 1 unspecified atom stereocenters. The van der Waals surface area contributed by atoms with Crippen LogP contribution in [0, 0.1) is 0 Å². The summed E-state index contributed by atoms with van der Waals surface area (Å²) >= 11 is 9.48. The Morgan fingerprint density at radius 1 is 1.32 bits per heavy atom. The molecular weight excluding hydrogens is 328 g/mol. The summed E-state index contributed by atoms with van der Waals surface area (Å²) in [5.41, 5.74) is 1.11. The summed E-state index contributed by atoms with van der Waals surface area (Å²) in [6.45, 7) is 2.07. The number of benzene rings is 1. The molecule has 2 aromatic rings. The molecule has 0 saturated heterocycles. The van der Waals surface area contributed by atoms with Crippen LogP contribution in [0.2, 0.25) is 5.02 Å². The third-order valence-corrected chi connectivity index (χ3v) is 3.61. The van der Waals surface area contributed by atoms with Gasteiger partial charge in [0.05, 0.1) is 5.02 Å². The van der Waals surface area contributed by atoms with E-state index in [0.717, 1.165) is 10.0 Å². The van der Waals surface area contributed by atoms with Gasteiger partial charge in [0, 0.05) is 22.8 Å². The van der Waals surface area contributed by atoms with E-state index >= 15 is 0 Å². The van der Waals surface area contributed by atoms with Crippen LogP contribution < -0.4 is 10.1 Å². The Kier molecular flexibility index (Phi) is 4.80. The molecule has 3 nitrogen and oxygen atoms in total. The molecule has 0 amide bonds. The summed E-state index contributed by atoms with van der Waals surface area (Å²) in [6.07, 6.45) is 1.73. The molecule has 19 heavy (non-hydrogen) atoms. The number of halogens is 2. The molecule has 0 bridgehead atoms. The fraction of sp³-hybridized carbons (Fsp3) is 0.214. The fourth-order valence-electron chi connectivity index (χ4n) is 1.58. The molecule has 1 N–H and O–H groups in total. The largest absolute Gasteiger partial charge is 0.437 e. The normalized spacial score (nSPS) is 12.2. The van der Waals surface area contributed by atoms with Crippen LogP contribution in [0.15, 0.2) is 41.0 Å². The summed E-state index contributed by atoms with van der Waals surface area (Å²) < 4.78 is 6.63. The minimum Gasteiger partial charge on any atom is -0.437 e. The summed E-state index contributed by atoms with van der Waals surface area (Å²) in [7, 11) is 1.91. The third-order valence-electron chi connectivity index (χ3n) is 2.80. The lowest BCUT2D eigenvalue weighted by atomic mass is 10.1. The first-order chi connectivity index (χ1) is 9.10. The lowest BCUT2D eigenvalue weighted by Gasteiger charge is -2.12. The Morgan fingerprint density at radius 2 is 2.11 bits per heavy atom. The van der Waals surface area contributed by atoms with Crippen molar-refractivity contribution >= 4 is 27.5 Å².